The lowest BCUT2D eigenvalue weighted by molar-refractivity contribution is 0.0618. The van der Waals surface area contributed by atoms with Crippen molar-refractivity contribution >= 4 is 5.91 Å². The van der Waals surface area contributed by atoms with Gasteiger partial charge in [0.05, 0.1) is 12.7 Å². The number of rotatable bonds is 6. The number of piperazine rings is 1. The molecule has 0 bridgehead atoms. The molecule has 1 amide bonds. The van der Waals surface area contributed by atoms with Crippen LogP contribution in [0.1, 0.15) is 21.9 Å². The molecule has 146 valence electrons. The zero-order valence-electron chi connectivity index (χ0n) is 16.1. The topological polar surface area (TPSA) is 72.1 Å². The Labute approximate surface area is 164 Å². The molecule has 1 aliphatic rings. The summed E-state index contributed by atoms with van der Waals surface area (Å²) in [7, 11) is 2.00. The van der Waals surface area contributed by atoms with Crippen LogP contribution in [0, 0.1) is 0 Å². The molecule has 1 fully saturated rings. The third-order valence-electron chi connectivity index (χ3n) is 5.18. The fraction of sp³-hybridized carbons (Fsp3) is 0.400. The summed E-state index contributed by atoms with van der Waals surface area (Å²) in [6.45, 7) is 4.57. The molecule has 0 spiro atoms. The van der Waals surface area contributed by atoms with Gasteiger partial charge in [0.1, 0.15) is 5.82 Å². The number of amides is 1. The van der Waals surface area contributed by atoms with E-state index in [2.05, 4.69) is 32.3 Å². The molecule has 2 aromatic heterocycles. The maximum absolute atomic E-state index is 12.7. The van der Waals surface area contributed by atoms with Gasteiger partial charge in [-0.15, -0.1) is 5.10 Å². The monoisotopic (exact) mass is 379 g/mol. The van der Waals surface area contributed by atoms with Crippen LogP contribution in [0.25, 0.3) is 0 Å². The average Bonchev–Trinajstić information content (AvgIpc) is 3.37. The van der Waals surface area contributed by atoms with Gasteiger partial charge in [0.15, 0.2) is 5.69 Å². The van der Waals surface area contributed by atoms with Crippen LogP contribution in [0.2, 0.25) is 0 Å². The molecule has 0 N–H and O–H groups in total. The zero-order chi connectivity index (χ0) is 19.3. The van der Waals surface area contributed by atoms with E-state index in [9.17, 15) is 4.79 Å². The van der Waals surface area contributed by atoms with E-state index in [4.69, 9.17) is 0 Å². The highest BCUT2D eigenvalue weighted by molar-refractivity contribution is 5.92. The highest BCUT2D eigenvalue weighted by atomic mass is 16.2. The molecular formula is C20H25N7O. The molecule has 1 aromatic carbocycles. The minimum Gasteiger partial charge on any atom is -0.337 e. The van der Waals surface area contributed by atoms with Gasteiger partial charge in [-0.3, -0.25) is 14.4 Å². The number of aromatic nitrogens is 5. The van der Waals surface area contributed by atoms with Crippen molar-refractivity contribution < 1.29 is 4.79 Å². The minimum absolute atomic E-state index is 0.0393. The first-order chi connectivity index (χ1) is 13.7. The van der Waals surface area contributed by atoms with Gasteiger partial charge in [-0.25, -0.2) is 4.98 Å². The number of aryl methyl sites for hydroxylation is 3. The van der Waals surface area contributed by atoms with Crippen molar-refractivity contribution in [1.82, 2.24) is 34.3 Å². The number of benzene rings is 1. The summed E-state index contributed by atoms with van der Waals surface area (Å²) < 4.78 is 3.78. The first-order valence-electron chi connectivity index (χ1n) is 9.61. The van der Waals surface area contributed by atoms with Crippen molar-refractivity contribution in [2.75, 3.05) is 26.2 Å². The number of imidazole rings is 1. The molecule has 8 nitrogen and oxygen atoms in total. The Kier molecular flexibility index (Phi) is 5.48. The smallest absolute Gasteiger partial charge is 0.276 e. The van der Waals surface area contributed by atoms with Gasteiger partial charge in [-0.1, -0.05) is 35.5 Å². The van der Waals surface area contributed by atoms with Crippen molar-refractivity contribution in [3.63, 3.8) is 0 Å². The first kappa shape index (κ1) is 18.4. The van der Waals surface area contributed by atoms with E-state index in [0.717, 1.165) is 31.9 Å². The molecule has 4 rings (SSSR count). The van der Waals surface area contributed by atoms with Gasteiger partial charge in [-0.05, 0) is 12.0 Å². The second-order valence-corrected chi connectivity index (χ2v) is 7.13. The van der Waals surface area contributed by atoms with E-state index in [-0.39, 0.29) is 5.91 Å². The van der Waals surface area contributed by atoms with E-state index >= 15 is 0 Å². The Balaban J connectivity index is 1.28. The molecule has 8 heteroatoms. The van der Waals surface area contributed by atoms with Gasteiger partial charge in [-0.2, -0.15) is 0 Å². The number of carbonyl (C=O) groups excluding carboxylic acids is 1. The lowest BCUT2D eigenvalue weighted by atomic mass is 10.1. The summed E-state index contributed by atoms with van der Waals surface area (Å²) in [5, 5.41) is 8.21. The summed E-state index contributed by atoms with van der Waals surface area (Å²) in [6, 6.07) is 10.2. The van der Waals surface area contributed by atoms with E-state index < -0.39 is 0 Å². The summed E-state index contributed by atoms with van der Waals surface area (Å²) in [5.74, 6) is 1.00. The molecule has 0 radical (unpaired) electrons. The normalized spacial score (nSPS) is 15.1. The number of hydrogen-bond donors (Lipinski definition) is 0. The van der Waals surface area contributed by atoms with Gasteiger partial charge in [0, 0.05) is 52.2 Å². The predicted molar refractivity (Wildman–Crippen MR) is 105 cm³/mol. The SMILES string of the molecule is Cn1ccnc1CN1CCN(C(=O)c2cn(CCc3ccccc3)nn2)CC1. The summed E-state index contributed by atoms with van der Waals surface area (Å²) in [6.07, 6.45) is 6.39. The Morgan fingerprint density at radius 3 is 2.61 bits per heavy atom. The first-order valence-corrected chi connectivity index (χ1v) is 9.61. The summed E-state index contributed by atoms with van der Waals surface area (Å²) in [5.41, 5.74) is 1.67. The van der Waals surface area contributed by atoms with Crippen LogP contribution in [0.5, 0.6) is 0 Å². The number of carbonyl (C=O) groups is 1. The number of nitrogens with zero attached hydrogens (tertiary/aromatic N) is 7. The molecule has 28 heavy (non-hydrogen) atoms. The largest absolute Gasteiger partial charge is 0.337 e. The average molecular weight is 379 g/mol. The van der Waals surface area contributed by atoms with Crippen LogP contribution < -0.4 is 0 Å². The van der Waals surface area contributed by atoms with Crippen LogP contribution in [-0.2, 0) is 26.6 Å². The highest BCUT2D eigenvalue weighted by Crippen LogP contribution is 2.10. The van der Waals surface area contributed by atoms with Crippen molar-refractivity contribution in [1.29, 1.82) is 0 Å². The van der Waals surface area contributed by atoms with Crippen LogP contribution in [0.3, 0.4) is 0 Å². The van der Waals surface area contributed by atoms with E-state index in [1.807, 2.05) is 47.1 Å². The molecule has 0 atom stereocenters. The van der Waals surface area contributed by atoms with Gasteiger partial charge < -0.3 is 9.47 Å². The Morgan fingerprint density at radius 2 is 1.89 bits per heavy atom. The predicted octanol–water partition coefficient (Wildman–Crippen LogP) is 1.21. The van der Waals surface area contributed by atoms with Crippen molar-refractivity contribution in [3.05, 3.63) is 66.0 Å². The van der Waals surface area contributed by atoms with Crippen molar-refractivity contribution in [2.45, 2.75) is 19.5 Å². The maximum Gasteiger partial charge on any atom is 0.276 e. The van der Waals surface area contributed by atoms with Crippen LogP contribution in [0.4, 0.5) is 0 Å². The zero-order valence-corrected chi connectivity index (χ0v) is 16.1. The standard InChI is InChI=1S/C20H25N7O/c1-24-10-8-21-19(24)16-25-11-13-26(14-12-25)20(28)18-15-27(23-22-18)9-7-17-5-3-2-4-6-17/h2-6,8,10,15H,7,9,11-14,16H2,1H3. The van der Waals surface area contributed by atoms with Crippen LogP contribution in [-0.4, -0.2) is 66.4 Å². The molecule has 3 aromatic rings. The van der Waals surface area contributed by atoms with E-state index in [1.54, 1.807) is 10.9 Å². The Bertz CT molecular complexity index is 910. The van der Waals surface area contributed by atoms with Gasteiger partial charge >= 0.3 is 0 Å². The Morgan fingerprint density at radius 1 is 1.11 bits per heavy atom. The van der Waals surface area contributed by atoms with Gasteiger partial charge in [0.2, 0.25) is 0 Å². The minimum atomic E-state index is -0.0393. The molecule has 0 saturated carbocycles. The summed E-state index contributed by atoms with van der Waals surface area (Å²) in [4.78, 5) is 21.3. The Hall–Kier alpha value is -3.00. The highest BCUT2D eigenvalue weighted by Gasteiger charge is 2.24. The fourth-order valence-electron chi connectivity index (χ4n) is 3.41. The second-order valence-electron chi connectivity index (χ2n) is 7.13. The molecule has 1 aliphatic heterocycles. The third-order valence-corrected chi connectivity index (χ3v) is 5.18. The molecular weight excluding hydrogens is 354 g/mol. The fourth-order valence-corrected chi connectivity index (χ4v) is 3.41. The van der Waals surface area contributed by atoms with E-state index in [1.165, 1.54) is 5.56 Å². The summed E-state index contributed by atoms with van der Waals surface area (Å²) >= 11 is 0. The van der Waals surface area contributed by atoms with Crippen molar-refractivity contribution in [3.8, 4) is 0 Å². The lowest BCUT2D eigenvalue weighted by Gasteiger charge is -2.34. The second kappa shape index (κ2) is 8.35. The molecule has 0 unspecified atom stereocenters. The van der Waals surface area contributed by atoms with E-state index in [0.29, 0.717) is 25.3 Å². The molecule has 1 saturated heterocycles. The quantitative estimate of drug-likeness (QED) is 0.644. The molecule has 0 aliphatic carbocycles. The molecule has 3 heterocycles. The van der Waals surface area contributed by atoms with Crippen LogP contribution in [0.15, 0.2) is 48.9 Å². The van der Waals surface area contributed by atoms with Gasteiger partial charge in [0.25, 0.3) is 5.91 Å². The maximum atomic E-state index is 12.7. The number of hydrogen-bond acceptors (Lipinski definition) is 5. The lowest BCUT2D eigenvalue weighted by Crippen LogP contribution is -2.48. The third kappa shape index (κ3) is 4.28. The van der Waals surface area contributed by atoms with Crippen molar-refractivity contribution in [2.24, 2.45) is 7.05 Å². The van der Waals surface area contributed by atoms with Crippen LogP contribution >= 0.6 is 0 Å².